The van der Waals surface area contributed by atoms with E-state index in [1.807, 2.05) is 0 Å². The summed E-state index contributed by atoms with van der Waals surface area (Å²) < 4.78 is 4.60. The summed E-state index contributed by atoms with van der Waals surface area (Å²) >= 11 is 0. The van der Waals surface area contributed by atoms with Gasteiger partial charge in [-0.3, -0.25) is 9.59 Å². The number of rotatable bonds is 6. The van der Waals surface area contributed by atoms with Crippen molar-refractivity contribution in [3.8, 4) is 0 Å². The molecule has 0 rings (SSSR count). The van der Waals surface area contributed by atoms with Gasteiger partial charge in [-0.1, -0.05) is 12.7 Å². The Morgan fingerprint density at radius 2 is 1.88 bits per heavy atom. The van der Waals surface area contributed by atoms with Crippen molar-refractivity contribution in [1.29, 1.82) is 0 Å². The van der Waals surface area contributed by atoms with Crippen molar-refractivity contribution in [2.24, 2.45) is 0 Å². The molecule has 0 fully saturated rings. The van der Waals surface area contributed by atoms with Crippen LogP contribution in [0.5, 0.6) is 0 Å². The van der Waals surface area contributed by atoms with Crippen molar-refractivity contribution in [3.05, 3.63) is 12.7 Å². The smallest absolute Gasteiger partial charge is 0.408 e. The third kappa shape index (κ3) is 6.18. The number of aliphatic carboxylic acids is 1. The highest BCUT2D eigenvalue weighted by Crippen LogP contribution is 1.89. The minimum atomic E-state index is -1.15. The zero-order valence-electron chi connectivity index (χ0n) is 9.73. The molecule has 2 atom stereocenters. The van der Waals surface area contributed by atoms with Gasteiger partial charge in [0.05, 0.1) is 0 Å². The van der Waals surface area contributed by atoms with E-state index < -0.39 is 30.1 Å². The number of nitrogens with one attached hydrogen (secondary N) is 2. The molecular formula is C10H16N2O5. The second kappa shape index (κ2) is 7.26. The maximum absolute atomic E-state index is 11.4. The van der Waals surface area contributed by atoms with Gasteiger partial charge in [-0.25, -0.2) is 4.79 Å². The van der Waals surface area contributed by atoms with Gasteiger partial charge in [0.25, 0.3) is 0 Å². The van der Waals surface area contributed by atoms with Crippen LogP contribution in [0.2, 0.25) is 0 Å². The number of ether oxygens (including phenoxy) is 1. The molecule has 0 heterocycles. The molecule has 0 aromatic carbocycles. The molecule has 0 saturated carbocycles. The van der Waals surface area contributed by atoms with Crippen LogP contribution in [-0.2, 0) is 14.3 Å². The molecule has 7 heteroatoms. The maximum Gasteiger partial charge on any atom is 0.408 e. The van der Waals surface area contributed by atoms with Crippen LogP contribution in [0.1, 0.15) is 13.8 Å². The van der Waals surface area contributed by atoms with E-state index in [4.69, 9.17) is 5.11 Å². The molecular weight excluding hydrogens is 228 g/mol. The van der Waals surface area contributed by atoms with Crippen molar-refractivity contribution >= 4 is 18.0 Å². The number of hydrogen-bond donors (Lipinski definition) is 3. The Bertz CT molecular complexity index is 316. The molecule has 0 saturated heterocycles. The Kier molecular flexibility index (Phi) is 6.39. The largest absolute Gasteiger partial charge is 0.480 e. The molecule has 7 nitrogen and oxygen atoms in total. The normalized spacial score (nSPS) is 13.1. The molecule has 0 aromatic rings. The predicted octanol–water partition coefficient (Wildman–Crippen LogP) is -0.124. The molecule has 96 valence electrons. The summed E-state index contributed by atoms with van der Waals surface area (Å²) in [4.78, 5) is 32.9. The average molecular weight is 244 g/mol. The Morgan fingerprint density at radius 1 is 1.29 bits per heavy atom. The lowest BCUT2D eigenvalue weighted by Crippen LogP contribution is -2.49. The van der Waals surface area contributed by atoms with E-state index in [0.717, 1.165) is 0 Å². The van der Waals surface area contributed by atoms with Gasteiger partial charge in [-0.15, -0.1) is 0 Å². The summed E-state index contributed by atoms with van der Waals surface area (Å²) in [7, 11) is 0. The Morgan fingerprint density at radius 3 is 2.35 bits per heavy atom. The van der Waals surface area contributed by atoms with Crippen LogP contribution >= 0.6 is 0 Å². The topological polar surface area (TPSA) is 105 Å². The maximum atomic E-state index is 11.4. The molecule has 0 unspecified atom stereocenters. The summed E-state index contributed by atoms with van der Waals surface area (Å²) in [5.74, 6) is -1.75. The first-order valence-electron chi connectivity index (χ1n) is 4.95. The highest BCUT2D eigenvalue weighted by Gasteiger charge is 2.20. The van der Waals surface area contributed by atoms with Gasteiger partial charge in [0, 0.05) is 0 Å². The molecule has 0 aliphatic heterocycles. The lowest BCUT2D eigenvalue weighted by Gasteiger charge is -2.15. The Hall–Kier alpha value is -2.05. The van der Waals surface area contributed by atoms with Crippen LogP contribution in [0.3, 0.4) is 0 Å². The number of carboxylic acid groups (broad SMARTS) is 1. The zero-order chi connectivity index (χ0) is 13.4. The number of carbonyl (C=O) groups is 3. The lowest BCUT2D eigenvalue weighted by atomic mass is 10.2. The minimum absolute atomic E-state index is 0.0334. The molecule has 0 radical (unpaired) electrons. The molecule has 0 spiro atoms. The minimum Gasteiger partial charge on any atom is -0.480 e. The fourth-order valence-corrected chi connectivity index (χ4v) is 0.819. The van der Waals surface area contributed by atoms with Gasteiger partial charge < -0.3 is 20.5 Å². The molecule has 0 aliphatic rings. The highest BCUT2D eigenvalue weighted by atomic mass is 16.5. The van der Waals surface area contributed by atoms with Crippen molar-refractivity contribution in [1.82, 2.24) is 10.6 Å². The number of amides is 2. The number of carboxylic acids is 1. The van der Waals surface area contributed by atoms with Crippen LogP contribution in [0.15, 0.2) is 12.7 Å². The van der Waals surface area contributed by atoms with Gasteiger partial charge in [0.2, 0.25) is 5.91 Å². The summed E-state index contributed by atoms with van der Waals surface area (Å²) in [5, 5.41) is 13.0. The number of hydrogen-bond acceptors (Lipinski definition) is 4. The quantitative estimate of drug-likeness (QED) is 0.565. The fraction of sp³-hybridized carbons (Fsp3) is 0.500. The van der Waals surface area contributed by atoms with E-state index in [-0.39, 0.29) is 6.61 Å². The van der Waals surface area contributed by atoms with Gasteiger partial charge in [-0.2, -0.15) is 0 Å². The first-order valence-corrected chi connectivity index (χ1v) is 4.95. The molecule has 0 bridgehead atoms. The third-order valence-electron chi connectivity index (χ3n) is 1.79. The second-order valence-electron chi connectivity index (χ2n) is 3.32. The van der Waals surface area contributed by atoms with Crippen LogP contribution < -0.4 is 10.6 Å². The van der Waals surface area contributed by atoms with Crippen LogP contribution in [0, 0.1) is 0 Å². The Labute approximate surface area is 98.8 Å². The van der Waals surface area contributed by atoms with Crippen molar-refractivity contribution in [2.45, 2.75) is 25.9 Å². The van der Waals surface area contributed by atoms with Crippen LogP contribution in [0.25, 0.3) is 0 Å². The first-order chi connectivity index (χ1) is 7.88. The summed E-state index contributed by atoms with van der Waals surface area (Å²) in [5.41, 5.74) is 0. The Balaban J connectivity index is 4.09. The standard InChI is InChI=1S/C10H16N2O5/c1-4-5-17-10(16)12-6(2)8(13)11-7(3)9(14)15/h4,6-7H,1,5H2,2-3H3,(H,11,13)(H,12,16)(H,14,15)/t6-,7-/m0/s1. The average Bonchev–Trinajstić information content (AvgIpc) is 2.25. The molecule has 2 amide bonds. The van der Waals surface area contributed by atoms with E-state index in [0.29, 0.717) is 0 Å². The van der Waals surface area contributed by atoms with Crippen molar-refractivity contribution in [3.63, 3.8) is 0 Å². The highest BCUT2D eigenvalue weighted by molar-refractivity contribution is 5.88. The fourth-order valence-electron chi connectivity index (χ4n) is 0.819. The van der Waals surface area contributed by atoms with Crippen LogP contribution in [-0.4, -0.2) is 41.8 Å². The number of alkyl carbamates (subject to hydrolysis) is 1. The summed E-state index contributed by atoms with van der Waals surface area (Å²) in [6.07, 6.45) is 0.618. The van der Waals surface area contributed by atoms with Gasteiger partial charge in [-0.05, 0) is 13.8 Å². The van der Waals surface area contributed by atoms with E-state index in [1.54, 1.807) is 0 Å². The van der Waals surface area contributed by atoms with Crippen molar-refractivity contribution in [2.75, 3.05) is 6.61 Å². The zero-order valence-corrected chi connectivity index (χ0v) is 9.73. The summed E-state index contributed by atoms with van der Waals surface area (Å²) in [6.45, 7) is 6.13. The van der Waals surface area contributed by atoms with E-state index >= 15 is 0 Å². The lowest BCUT2D eigenvalue weighted by molar-refractivity contribution is -0.141. The summed E-state index contributed by atoms with van der Waals surface area (Å²) in [6, 6.07) is -1.90. The van der Waals surface area contributed by atoms with Gasteiger partial charge in [0.15, 0.2) is 0 Å². The molecule has 0 aromatic heterocycles. The molecule has 3 N–H and O–H groups in total. The van der Waals surface area contributed by atoms with Gasteiger partial charge in [0.1, 0.15) is 18.7 Å². The third-order valence-corrected chi connectivity index (χ3v) is 1.79. The van der Waals surface area contributed by atoms with E-state index in [2.05, 4.69) is 21.9 Å². The number of carbonyl (C=O) groups excluding carboxylic acids is 2. The molecule has 0 aliphatic carbocycles. The first kappa shape index (κ1) is 14.9. The van der Waals surface area contributed by atoms with Gasteiger partial charge >= 0.3 is 12.1 Å². The predicted molar refractivity (Wildman–Crippen MR) is 59.4 cm³/mol. The van der Waals surface area contributed by atoms with Crippen LogP contribution in [0.4, 0.5) is 4.79 Å². The van der Waals surface area contributed by atoms with Crippen molar-refractivity contribution < 1.29 is 24.2 Å². The van der Waals surface area contributed by atoms with E-state index in [9.17, 15) is 14.4 Å². The van der Waals surface area contributed by atoms with E-state index in [1.165, 1.54) is 19.9 Å². The molecule has 17 heavy (non-hydrogen) atoms. The second-order valence-corrected chi connectivity index (χ2v) is 3.32. The SMILES string of the molecule is C=CCOC(=O)N[C@@H](C)C(=O)N[C@@H](C)C(=O)O. The monoisotopic (exact) mass is 244 g/mol.